The summed E-state index contributed by atoms with van der Waals surface area (Å²) in [7, 11) is -5.60. The van der Waals surface area contributed by atoms with E-state index in [0.717, 1.165) is 24.3 Å². The molecular formula is C16H21F3O3S. The number of benzene rings is 1. The van der Waals surface area contributed by atoms with Crippen molar-refractivity contribution in [1.29, 1.82) is 0 Å². The molecule has 0 saturated heterocycles. The summed E-state index contributed by atoms with van der Waals surface area (Å²) in [6, 6.07) is 5.89. The fourth-order valence-corrected chi connectivity index (χ4v) is 3.62. The average Bonchev–Trinajstić information content (AvgIpc) is 2.48. The average molecular weight is 350 g/mol. The van der Waals surface area contributed by atoms with Gasteiger partial charge in [-0.3, -0.25) is 0 Å². The van der Waals surface area contributed by atoms with Crippen molar-refractivity contribution in [2.24, 2.45) is 5.92 Å². The standard InChI is InChI=1S/C16H21F3O3S/c1-2-3-12-4-6-13(7-5-12)14-8-10-15(11-9-14)22-23(20,21)16(17,18)19/h8-13H,2-7H2,1H3/t12-,13-. The van der Waals surface area contributed by atoms with Gasteiger partial charge in [-0.2, -0.15) is 21.6 Å². The van der Waals surface area contributed by atoms with Gasteiger partial charge in [-0.25, -0.2) is 0 Å². The Labute approximate surface area is 135 Å². The second-order valence-electron chi connectivity index (χ2n) is 6.06. The lowest BCUT2D eigenvalue weighted by atomic mass is 9.77. The number of hydrogen-bond acceptors (Lipinski definition) is 3. The van der Waals surface area contributed by atoms with Crippen LogP contribution in [0.15, 0.2) is 24.3 Å². The number of hydrogen-bond donors (Lipinski definition) is 0. The van der Waals surface area contributed by atoms with Crippen LogP contribution in [0.2, 0.25) is 0 Å². The van der Waals surface area contributed by atoms with E-state index >= 15 is 0 Å². The molecule has 1 aliphatic rings. The highest BCUT2D eigenvalue weighted by Gasteiger charge is 2.48. The van der Waals surface area contributed by atoms with Gasteiger partial charge in [0, 0.05) is 0 Å². The molecule has 0 N–H and O–H groups in total. The van der Waals surface area contributed by atoms with Crippen LogP contribution in [0.1, 0.15) is 56.9 Å². The maximum absolute atomic E-state index is 12.3. The summed E-state index contributed by atoms with van der Waals surface area (Å²) in [5.41, 5.74) is -4.39. The maximum atomic E-state index is 12.3. The van der Waals surface area contributed by atoms with Crippen molar-refractivity contribution in [3.63, 3.8) is 0 Å². The molecule has 7 heteroatoms. The van der Waals surface area contributed by atoms with Crippen molar-refractivity contribution in [3.05, 3.63) is 29.8 Å². The van der Waals surface area contributed by atoms with Gasteiger partial charge in [-0.05, 0) is 55.2 Å². The molecule has 0 aliphatic heterocycles. The zero-order valence-electron chi connectivity index (χ0n) is 13.0. The normalized spacial score (nSPS) is 22.8. The van der Waals surface area contributed by atoms with Gasteiger partial charge in [0.15, 0.2) is 0 Å². The Hall–Kier alpha value is -1.24. The summed E-state index contributed by atoms with van der Waals surface area (Å²) < 4.78 is 62.8. The molecule has 0 atom stereocenters. The lowest BCUT2D eigenvalue weighted by molar-refractivity contribution is -0.0500. The fraction of sp³-hybridized carbons (Fsp3) is 0.625. The van der Waals surface area contributed by atoms with Crippen LogP contribution in [0.3, 0.4) is 0 Å². The van der Waals surface area contributed by atoms with Crippen molar-refractivity contribution >= 4 is 10.1 Å². The molecular weight excluding hydrogens is 329 g/mol. The van der Waals surface area contributed by atoms with E-state index in [-0.39, 0.29) is 5.75 Å². The molecule has 0 aromatic heterocycles. The Morgan fingerprint density at radius 2 is 1.65 bits per heavy atom. The van der Waals surface area contributed by atoms with Gasteiger partial charge >= 0.3 is 15.6 Å². The van der Waals surface area contributed by atoms with Crippen molar-refractivity contribution in [2.45, 2.75) is 56.9 Å². The summed E-state index contributed by atoms with van der Waals surface area (Å²) in [6.45, 7) is 2.18. The van der Waals surface area contributed by atoms with Crippen molar-refractivity contribution < 1.29 is 25.8 Å². The Morgan fingerprint density at radius 3 is 2.13 bits per heavy atom. The van der Waals surface area contributed by atoms with Gasteiger partial charge < -0.3 is 4.18 Å². The molecule has 1 aromatic carbocycles. The lowest BCUT2D eigenvalue weighted by Crippen LogP contribution is -2.28. The first-order valence-electron chi connectivity index (χ1n) is 7.83. The van der Waals surface area contributed by atoms with Crippen molar-refractivity contribution in [1.82, 2.24) is 0 Å². The van der Waals surface area contributed by atoms with E-state index in [1.807, 2.05) is 0 Å². The topological polar surface area (TPSA) is 43.4 Å². The van der Waals surface area contributed by atoms with Gasteiger partial charge in [0.25, 0.3) is 0 Å². The molecule has 0 bridgehead atoms. The SMILES string of the molecule is CCC[C@H]1CC[C@H](c2ccc(OS(=O)(=O)C(F)(F)F)cc2)CC1. The predicted octanol–water partition coefficient (Wildman–Crippen LogP) is 4.99. The highest BCUT2D eigenvalue weighted by atomic mass is 32.2. The number of alkyl halides is 3. The first kappa shape index (κ1) is 18.1. The van der Waals surface area contributed by atoms with Crippen LogP contribution < -0.4 is 4.18 Å². The third kappa shape index (κ3) is 4.62. The highest BCUT2D eigenvalue weighted by Crippen LogP contribution is 2.38. The second kappa shape index (κ2) is 7.11. The molecule has 0 heterocycles. The Balaban J connectivity index is 1.98. The van der Waals surface area contributed by atoms with Crippen LogP contribution >= 0.6 is 0 Å². The fourth-order valence-electron chi connectivity index (χ4n) is 3.16. The van der Waals surface area contributed by atoms with Crippen LogP contribution in [0.5, 0.6) is 5.75 Å². The Bertz CT molecular complexity index is 600. The molecule has 0 radical (unpaired) electrons. The van der Waals surface area contributed by atoms with E-state index in [4.69, 9.17) is 0 Å². The molecule has 0 spiro atoms. The highest BCUT2D eigenvalue weighted by molar-refractivity contribution is 7.87. The minimum absolute atomic E-state index is 0.314. The Kier molecular flexibility index (Phi) is 5.60. The summed E-state index contributed by atoms with van der Waals surface area (Å²) in [5, 5.41) is 0. The van der Waals surface area contributed by atoms with Crippen LogP contribution in [0.25, 0.3) is 0 Å². The van der Waals surface area contributed by atoms with E-state index in [0.29, 0.717) is 5.92 Å². The molecule has 23 heavy (non-hydrogen) atoms. The van der Waals surface area contributed by atoms with Crippen molar-refractivity contribution in [2.75, 3.05) is 0 Å². The summed E-state index contributed by atoms with van der Waals surface area (Å²) >= 11 is 0. The maximum Gasteiger partial charge on any atom is 0.534 e. The molecule has 1 fully saturated rings. The second-order valence-corrected chi connectivity index (χ2v) is 7.60. The molecule has 130 valence electrons. The van der Waals surface area contributed by atoms with Gasteiger partial charge in [0.2, 0.25) is 0 Å². The summed E-state index contributed by atoms with van der Waals surface area (Å²) in [4.78, 5) is 0. The van der Waals surface area contributed by atoms with E-state index in [2.05, 4.69) is 11.1 Å². The van der Waals surface area contributed by atoms with Gasteiger partial charge in [0.1, 0.15) is 5.75 Å². The zero-order chi connectivity index (χ0) is 17.1. The van der Waals surface area contributed by atoms with Crippen LogP contribution in [-0.2, 0) is 10.1 Å². The van der Waals surface area contributed by atoms with E-state index in [1.165, 1.54) is 37.8 Å². The molecule has 0 unspecified atom stereocenters. The first-order valence-corrected chi connectivity index (χ1v) is 9.24. The molecule has 0 amide bonds. The molecule has 2 rings (SSSR count). The van der Waals surface area contributed by atoms with Gasteiger partial charge in [-0.15, -0.1) is 0 Å². The first-order chi connectivity index (χ1) is 10.7. The van der Waals surface area contributed by atoms with Crippen LogP contribution in [0, 0.1) is 5.92 Å². The predicted molar refractivity (Wildman–Crippen MR) is 81.7 cm³/mol. The van der Waals surface area contributed by atoms with E-state index < -0.39 is 15.6 Å². The Morgan fingerprint density at radius 1 is 1.09 bits per heavy atom. The molecule has 3 nitrogen and oxygen atoms in total. The van der Waals surface area contributed by atoms with E-state index in [9.17, 15) is 21.6 Å². The quantitative estimate of drug-likeness (QED) is 0.555. The smallest absolute Gasteiger partial charge is 0.376 e. The minimum atomic E-state index is -5.60. The van der Waals surface area contributed by atoms with E-state index in [1.54, 1.807) is 12.1 Å². The van der Waals surface area contributed by atoms with Gasteiger partial charge in [0.05, 0.1) is 0 Å². The number of rotatable bonds is 5. The third-order valence-electron chi connectivity index (χ3n) is 4.38. The molecule has 1 aromatic rings. The number of halogens is 3. The molecule has 1 aliphatic carbocycles. The van der Waals surface area contributed by atoms with Crippen LogP contribution in [-0.4, -0.2) is 13.9 Å². The lowest BCUT2D eigenvalue weighted by Gasteiger charge is -2.28. The molecule has 1 saturated carbocycles. The van der Waals surface area contributed by atoms with Crippen molar-refractivity contribution in [3.8, 4) is 5.75 Å². The zero-order valence-corrected chi connectivity index (χ0v) is 13.8. The third-order valence-corrected chi connectivity index (χ3v) is 5.36. The monoisotopic (exact) mass is 350 g/mol. The van der Waals surface area contributed by atoms with Gasteiger partial charge in [-0.1, -0.05) is 31.9 Å². The largest absolute Gasteiger partial charge is 0.534 e. The summed E-state index contributed by atoms with van der Waals surface area (Å²) in [6.07, 6.45) is 6.89. The van der Waals surface area contributed by atoms with Crippen LogP contribution in [0.4, 0.5) is 13.2 Å². The summed E-state index contributed by atoms with van der Waals surface area (Å²) in [5.74, 6) is 0.845. The minimum Gasteiger partial charge on any atom is -0.376 e.